The highest BCUT2D eigenvalue weighted by molar-refractivity contribution is 5.82. The standard InChI is InChI=1S/C14H22N4O2/c1-10-6-13(20-2)7-12(16-10)9-18-5-3-4-11(8-18)14(15)17-19/h6-7,11,19H,3-5,8-9H2,1-2H3,(H2,15,17). The first-order valence-corrected chi connectivity index (χ1v) is 6.83. The fraction of sp³-hybridized carbons (Fsp3) is 0.571. The van der Waals surface area contributed by atoms with Crippen LogP contribution in [0.1, 0.15) is 24.2 Å². The van der Waals surface area contributed by atoms with Gasteiger partial charge in [0.05, 0.1) is 12.8 Å². The Hall–Kier alpha value is -1.82. The number of oxime groups is 1. The lowest BCUT2D eigenvalue weighted by Gasteiger charge is -2.31. The zero-order chi connectivity index (χ0) is 14.5. The lowest BCUT2D eigenvalue weighted by Crippen LogP contribution is -2.40. The van der Waals surface area contributed by atoms with E-state index in [0.717, 1.165) is 49.6 Å². The van der Waals surface area contributed by atoms with Gasteiger partial charge in [-0.25, -0.2) is 0 Å². The largest absolute Gasteiger partial charge is 0.497 e. The molecule has 0 radical (unpaired) electrons. The smallest absolute Gasteiger partial charge is 0.143 e. The number of ether oxygens (including phenoxy) is 1. The molecule has 20 heavy (non-hydrogen) atoms. The van der Waals surface area contributed by atoms with Crippen LogP contribution < -0.4 is 10.5 Å². The number of rotatable bonds is 4. The fourth-order valence-corrected chi connectivity index (χ4v) is 2.65. The Morgan fingerprint density at radius 1 is 1.60 bits per heavy atom. The normalized spacial score (nSPS) is 20.9. The number of piperidine rings is 1. The van der Waals surface area contributed by atoms with E-state index in [1.54, 1.807) is 7.11 Å². The van der Waals surface area contributed by atoms with Gasteiger partial charge in [-0.05, 0) is 26.3 Å². The second-order valence-electron chi connectivity index (χ2n) is 5.24. The third-order valence-electron chi connectivity index (χ3n) is 3.64. The lowest BCUT2D eigenvalue weighted by molar-refractivity contribution is 0.190. The molecule has 1 aromatic rings. The molecule has 0 saturated carbocycles. The van der Waals surface area contributed by atoms with Crippen LogP contribution in [0.4, 0.5) is 0 Å². The van der Waals surface area contributed by atoms with E-state index in [1.807, 2.05) is 19.1 Å². The second-order valence-corrected chi connectivity index (χ2v) is 5.24. The van der Waals surface area contributed by atoms with E-state index in [1.165, 1.54) is 0 Å². The molecule has 1 aliphatic rings. The molecule has 0 aliphatic carbocycles. The quantitative estimate of drug-likeness (QED) is 0.376. The number of aryl methyl sites for hydroxylation is 1. The molecule has 2 heterocycles. The molecular formula is C14H22N4O2. The van der Waals surface area contributed by atoms with E-state index in [2.05, 4.69) is 15.0 Å². The van der Waals surface area contributed by atoms with Crippen molar-refractivity contribution in [3.8, 4) is 5.75 Å². The van der Waals surface area contributed by atoms with Crippen LogP contribution in [0, 0.1) is 12.8 Å². The first kappa shape index (κ1) is 14.6. The Balaban J connectivity index is 2.04. The molecule has 0 amide bonds. The summed E-state index contributed by atoms with van der Waals surface area (Å²) < 4.78 is 5.27. The van der Waals surface area contributed by atoms with Crippen molar-refractivity contribution >= 4 is 5.84 Å². The summed E-state index contributed by atoms with van der Waals surface area (Å²) in [6.45, 7) is 4.52. The van der Waals surface area contributed by atoms with Crippen LogP contribution in [0.2, 0.25) is 0 Å². The van der Waals surface area contributed by atoms with Crippen molar-refractivity contribution in [3.05, 3.63) is 23.5 Å². The zero-order valence-corrected chi connectivity index (χ0v) is 12.0. The van der Waals surface area contributed by atoms with Gasteiger partial charge in [-0.15, -0.1) is 0 Å². The summed E-state index contributed by atoms with van der Waals surface area (Å²) in [5.41, 5.74) is 7.65. The van der Waals surface area contributed by atoms with Crippen LogP contribution in [-0.2, 0) is 6.54 Å². The van der Waals surface area contributed by atoms with Gasteiger partial charge in [0.25, 0.3) is 0 Å². The average molecular weight is 278 g/mol. The van der Waals surface area contributed by atoms with Gasteiger partial charge in [-0.3, -0.25) is 9.88 Å². The van der Waals surface area contributed by atoms with Gasteiger partial charge in [0.15, 0.2) is 0 Å². The number of methoxy groups -OCH3 is 1. The summed E-state index contributed by atoms with van der Waals surface area (Å²) in [4.78, 5) is 6.82. The Labute approximate surface area is 119 Å². The monoisotopic (exact) mass is 278 g/mol. The van der Waals surface area contributed by atoms with E-state index in [4.69, 9.17) is 15.7 Å². The van der Waals surface area contributed by atoms with E-state index in [0.29, 0.717) is 5.84 Å². The first-order valence-electron chi connectivity index (χ1n) is 6.83. The molecule has 6 heteroatoms. The van der Waals surface area contributed by atoms with Crippen LogP contribution in [0.5, 0.6) is 5.75 Å². The molecule has 0 bridgehead atoms. The molecule has 3 N–H and O–H groups in total. The zero-order valence-electron chi connectivity index (χ0n) is 12.0. The molecule has 6 nitrogen and oxygen atoms in total. The lowest BCUT2D eigenvalue weighted by atomic mass is 9.97. The predicted molar refractivity (Wildman–Crippen MR) is 76.9 cm³/mol. The van der Waals surface area contributed by atoms with Gasteiger partial charge in [0.1, 0.15) is 11.6 Å². The minimum absolute atomic E-state index is 0.125. The summed E-state index contributed by atoms with van der Waals surface area (Å²) in [7, 11) is 1.66. The number of likely N-dealkylation sites (tertiary alicyclic amines) is 1. The molecule has 1 aliphatic heterocycles. The van der Waals surface area contributed by atoms with Gasteiger partial charge in [-0.2, -0.15) is 0 Å². The topological polar surface area (TPSA) is 84.0 Å². The van der Waals surface area contributed by atoms with E-state index >= 15 is 0 Å². The van der Waals surface area contributed by atoms with Crippen molar-refractivity contribution in [1.29, 1.82) is 0 Å². The molecule has 1 aromatic heterocycles. The van der Waals surface area contributed by atoms with Crippen molar-refractivity contribution in [1.82, 2.24) is 9.88 Å². The highest BCUT2D eigenvalue weighted by Crippen LogP contribution is 2.20. The van der Waals surface area contributed by atoms with E-state index in [-0.39, 0.29) is 5.92 Å². The predicted octanol–water partition coefficient (Wildman–Crippen LogP) is 1.36. The fourth-order valence-electron chi connectivity index (χ4n) is 2.65. The summed E-state index contributed by atoms with van der Waals surface area (Å²) in [5.74, 6) is 1.28. The third kappa shape index (κ3) is 3.60. The number of nitrogens with two attached hydrogens (primary N) is 1. The van der Waals surface area contributed by atoms with Crippen LogP contribution in [0.3, 0.4) is 0 Å². The summed E-state index contributed by atoms with van der Waals surface area (Å²) in [6, 6.07) is 3.87. The van der Waals surface area contributed by atoms with E-state index < -0.39 is 0 Å². The van der Waals surface area contributed by atoms with Crippen molar-refractivity contribution in [2.45, 2.75) is 26.3 Å². The van der Waals surface area contributed by atoms with Crippen molar-refractivity contribution < 1.29 is 9.94 Å². The van der Waals surface area contributed by atoms with Crippen molar-refractivity contribution in [2.24, 2.45) is 16.8 Å². The highest BCUT2D eigenvalue weighted by Gasteiger charge is 2.23. The maximum absolute atomic E-state index is 8.78. The molecule has 0 aromatic carbocycles. The number of amidine groups is 1. The maximum Gasteiger partial charge on any atom is 0.143 e. The number of hydrogen-bond acceptors (Lipinski definition) is 5. The minimum atomic E-state index is 0.125. The van der Waals surface area contributed by atoms with Crippen LogP contribution in [0.15, 0.2) is 17.3 Å². The molecule has 1 atom stereocenters. The molecule has 0 spiro atoms. The SMILES string of the molecule is COc1cc(C)nc(CN2CCCC(/C(N)=N/O)C2)c1. The number of nitrogens with zero attached hydrogens (tertiary/aromatic N) is 3. The Morgan fingerprint density at radius 2 is 2.40 bits per heavy atom. The molecule has 1 unspecified atom stereocenters. The maximum atomic E-state index is 8.78. The van der Waals surface area contributed by atoms with Crippen LogP contribution >= 0.6 is 0 Å². The highest BCUT2D eigenvalue weighted by atomic mass is 16.5. The van der Waals surface area contributed by atoms with Gasteiger partial charge in [0, 0.05) is 36.8 Å². The Morgan fingerprint density at radius 3 is 3.10 bits per heavy atom. The number of hydrogen-bond donors (Lipinski definition) is 2. The molecule has 1 saturated heterocycles. The van der Waals surface area contributed by atoms with Crippen LogP contribution in [-0.4, -0.2) is 41.1 Å². The van der Waals surface area contributed by atoms with Crippen LogP contribution in [0.25, 0.3) is 0 Å². The average Bonchev–Trinajstić information content (AvgIpc) is 2.46. The van der Waals surface area contributed by atoms with Crippen molar-refractivity contribution in [2.75, 3.05) is 20.2 Å². The summed E-state index contributed by atoms with van der Waals surface area (Å²) >= 11 is 0. The van der Waals surface area contributed by atoms with Gasteiger partial charge < -0.3 is 15.7 Å². The summed E-state index contributed by atoms with van der Waals surface area (Å²) in [5, 5.41) is 11.9. The number of aromatic nitrogens is 1. The minimum Gasteiger partial charge on any atom is -0.497 e. The third-order valence-corrected chi connectivity index (χ3v) is 3.64. The molecule has 110 valence electrons. The first-order chi connectivity index (χ1) is 9.62. The van der Waals surface area contributed by atoms with Gasteiger partial charge in [0.2, 0.25) is 0 Å². The number of pyridine rings is 1. The summed E-state index contributed by atoms with van der Waals surface area (Å²) in [6.07, 6.45) is 2.01. The Kier molecular flexibility index (Phi) is 4.79. The van der Waals surface area contributed by atoms with Gasteiger partial charge in [-0.1, -0.05) is 5.16 Å². The van der Waals surface area contributed by atoms with E-state index in [9.17, 15) is 0 Å². The van der Waals surface area contributed by atoms with Crippen molar-refractivity contribution in [3.63, 3.8) is 0 Å². The molecule has 1 fully saturated rings. The molecular weight excluding hydrogens is 256 g/mol. The van der Waals surface area contributed by atoms with Gasteiger partial charge >= 0.3 is 0 Å². The Bertz CT molecular complexity index is 490. The second kappa shape index (κ2) is 6.56. The molecule has 2 rings (SSSR count).